The maximum absolute atomic E-state index is 11.5. The lowest BCUT2D eigenvalue weighted by Gasteiger charge is -2.15. The molecule has 0 aliphatic carbocycles. The van der Waals surface area contributed by atoms with Crippen LogP contribution in [0, 0.1) is 17.0 Å². The Hall–Kier alpha value is -3.15. The van der Waals surface area contributed by atoms with Crippen molar-refractivity contribution in [2.45, 2.75) is 58.3 Å². The molecule has 0 saturated carbocycles. The Bertz CT molecular complexity index is 1020. The topological polar surface area (TPSA) is 74.5 Å². The lowest BCUT2D eigenvalue weighted by Crippen LogP contribution is -2.03. The van der Waals surface area contributed by atoms with Gasteiger partial charge in [0, 0.05) is 6.20 Å². The Morgan fingerprint density at radius 2 is 1.66 bits per heavy atom. The number of unbranched alkanes of at least 4 members (excludes halogenated alkanes) is 6. The van der Waals surface area contributed by atoms with Gasteiger partial charge >= 0.3 is 0 Å². The molecule has 0 aliphatic heterocycles. The van der Waals surface area contributed by atoms with E-state index >= 15 is 0 Å². The molecular formula is C26H32N2O4. The lowest BCUT2D eigenvalue weighted by atomic mass is 10.0. The summed E-state index contributed by atoms with van der Waals surface area (Å²) in [5, 5.41) is 12.1. The summed E-state index contributed by atoms with van der Waals surface area (Å²) in [5.41, 5.74) is 2.56. The number of aromatic nitrogens is 1. The maximum atomic E-state index is 11.5. The number of hydrogen-bond donors (Lipinski definition) is 0. The highest BCUT2D eigenvalue weighted by molar-refractivity contribution is 5.96. The van der Waals surface area contributed by atoms with E-state index in [1.807, 2.05) is 13.0 Å². The molecule has 32 heavy (non-hydrogen) atoms. The van der Waals surface area contributed by atoms with Crippen molar-refractivity contribution in [2.24, 2.45) is 0 Å². The molecule has 0 N–H and O–H groups in total. The lowest BCUT2D eigenvalue weighted by molar-refractivity contribution is -0.383. The highest BCUT2D eigenvalue weighted by atomic mass is 16.6. The zero-order valence-corrected chi connectivity index (χ0v) is 19.0. The molecule has 0 fully saturated rings. The van der Waals surface area contributed by atoms with Crippen molar-refractivity contribution in [1.82, 2.24) is 4.98 Å². The van der Waals surface area contributed by atoms with Crippen molar-refractivity contribution < 1.29 is 14.4 Å². The Labute approximate surface area is 189 Å². The van der Waals surface area contributed by atoms with E-state index in [0.717, 1.165) is 24.8 Å². The van der Waals surface area contributed by atoms with Crippen LogP contribution in [-0.4, -0.2) is 23.6 Å². The fraction of sp³-hybridized carbons (Fsp3) is 0.423. The number of ether oxygens (including phenoxy) is 2. The Kier molecular flexibility index (Phi) is 8.84. The second-order valence-electron chi connectivity index (χ2n) is 8.09. The number of benzene rings is 2. The van der Waals surface area contributed by atoms with Gasteiger partial charge in [-0.2, -0.15) is 0 Å². The van der Waals surface area contributed by atoms with Crippen LogP contribution >= 0.6 is 0 Å². The van der Waals surface area contributed by atoms with Crippen molar-refractivity contribution in [3.05, 3.63) is 69.9 Å². The van der Waals surface area contributed by atoms with E-state index in [1.165, 1.54) is 50.8 Å². The summed E-state index contributed by atoms with van der Waals surface area (Å²) >= 11 is 0. The smallest absolute Gasteiger partial charge is 0.299 e. The molecule has 170 valence electrons. The Balaban J connectivity index is 1.44. The summed E-state index contributed by atoms with van der Waals surface area (Å²) in [4.78, 5) is 15.3. The highest BCUT2D eigenvalue weighted by Crippen LogP contribution is 2.41. The number of hydrogen-bond acceptors (Lipinski definition) is 5. The summed E-state index contributed by atoms with van der Waals surface area (Å²) in [6.45, 7) is 2.45. The zero-order chi connectivity index (χ0) is 22.8. The van der Waals surface area contributed by atoms with Gasteiger partial charge in [0.05, 0.1) is 30.1 Å². The van der Waals surface area contributed by atoms with Gasteiger partial charge in [0.1, 0.15) is 0 Å². The summed E-state index contributed by atoms with van der Waals surface area (Å²) in [7, 11) is 1.50. The first-order valence-electron chi connectivity index (χ1n) is 11.4. The summed E-state index contributed by atoms with van der Waals surface area (Å²) in [6, 6.07) is 13.9. The van der Waals surface area contributed by atoms with Crippen LogP contribution in [-0.2, 0) is 6.42 Å². The van der Waals surface area contributed by atoms with Crippen LogP contribution in [0.4, 0.5) is 5.69 Å². The molecule has 0 bridgehead atoms. The van der Waals surface area contributed by atoms with Crippen LogP contribution in [0.15, 0.2) is 48.7 Å². The van der Waals surface area contributed by atoms with Gasteiger partial charge in [-0.05, 0) is 43.4 Å². The number of non-ortho nitro benzene ring substituents is 1. The second-order valence-corrected chi connectivity index (χ2v) is 8.09. The summed E-state index contributed by atoms with van der Waals surface area (Å²) < 4.78 is 11.5. The molecule has 1 aromatic heterocycles. The van der Waals surface area contributed by atoms with Gasteiger partial charge in [0.15, 0.2) is 17.0 Å². The second kappa shape index (κ2) is 12.0. The van der Waals surface area contributed by atoms with Gasteiger partial charge in [-0.15, -0.1) is 0 Å². The molecule has 1 heterocycles. The Morgan fingerprint density at radius 1 is 0.969 bits per heavy atom. The first-order valence-corrected chi connectivity index (χ1v) is 11.4. The summed E-state index contributed by atoms with van der Waals surface area (Å²) in [6.07, 6.45) is 11.0. The number of aryl methyl sites for hydroxylation is 2. The van der Waals surface area contributed by atoms with Gasteiger partial charge in [-0.1, -0.05) is 62.4 Å². The zero-order valence-electron chi connectivity index (χ0n) is 19.0. The highest BCUT2D eigenvalue weighted by Gasteiger charge is 2.23. The van der Waals surface area contributed by atoms with Crippen molar-refractivity contribution in [1.29, 1.82) is 0 Å². The largest absolute Gasteiger partial charge is 0.493 e. The quantitative estimate of drug-likeness (QED) is 0.167. The van der Waals surface area contributed by atoms with E-state index in [4.69, 9.17) is 9.47 Å². The molecular weight excluding hydrogens is 404 g/mol. The molecule has 3 aromatic rings. The molecule has 6 heteroatoms. The van der Waals surface area contributed by atoms with E-state index in [0.29, 0.717) is 29.0 Å². The number of nitrogens with zero attached hydrogens (tertiary/aromatic N) is 2. The van der Waals surface area contributed by atoms with E-state index in [2.05, 4.69) is 35.3 Å². The number of rotatable bonds is 13. The Morgan fingerprint density at radius 3 is 2.34 bits per heavy atom. The molecule has 6 nitrogen and oxygen atoms in total. The molecule has 3 rings (SSSR count). The van der Waals surface area contributed by atoms with Gasteiger partial charge in [-0.3, -0.25) is 10.1 Å². The molecule has 0 unspecified atom stereocenters. The molecule has 0 radical (unpaired) electrons. The fourth-order valence-electron chi connectivity index (χ4n) is 3.99. The first kappa shape index (κ1) is 23.5. The van der Waals surface area contributed by atoms with Crippen molar-refractivity contribution in [3.63, 3.8) is 0 Å². The van der Waals surface area contributed by atoms with Gasteiger partial charge < -0.3 is 9.47 Å². The third-order valence-corrected chi connectivity index (χ3v) is 5.74. The number of fused-ring (bicyclic) bond motifs is 1. The minimum atomic E-state index is -0.430. The monoisotopic (exact) mass is 436 g/mol. The maximum Gasteiger partial charge on any atom is 0.299 e. The predicted octanol–water partition coefficient (Wildman–Crippen LogP) is 6.81. The molecule has 0 spiro atoms. The average Bonchev–Trinajstić information content (AvgIpc) is 2.80. The number of nitro benzene ring substituents is 1. The normalized spacial score (nSPS) is 10.9. The summed E-state index contributed by atoms with van der Waals surface area (Å²) in [5.74, 6) is 0.915. The molecule has 0 saturated heterocycles. The van der Waals surface area contributed by atoms with Gasteiger partial charge in [0.2, 0.25) is 0 Å². The average molecular weight is 437 g/mol. The SMILES string of the molecule is COc1cc([N+](=O)[O-])c2nccc(C)c2c1OCCCCCCCCCc1ccccc1. The van der Waals surface area contributed by atoms with Gasteiger partial charge in [0.25, 0.3) is 5.69 Å². The molecule has 0 atom stereocenters. The van der Waals surface area contributed by atoms with E-state index in [1.54, 1.807) is 6.20 Å². The minimum absolute atomic E-state index is 0.0693. The molecule has 0 amide bonds. The standard InChI is InChI=1S/C26H32N2O4/c1-20-16-17-27-25-22(28(29)30)19-23(31-2)26(24(20)25)32-18-12-7-5-3-4-6-9-13-21-14-10-8-11-15-21/h8,10-11,14-17,19H,3-7,9,12-13,18H2,1-2H3. The third kappa shape index (κ3) is 6.19. The van der Waals surface area contributed by atoms with E-state index < -0.39 is 4.92 Å². The van der Waals surface area contributed by atoms with Crippen LogP contribution in [0.1, 0.15) is 56.1 Å². The first-order chi connectivity index (χ1) is 15.6. The number of methoxy groups -OCH3 is 1. The van der Waals surface area contributed by atoms with Crippen LogP contribution < -0.4 is 9.47 Å². The van der Waals surface area contributed by atoms with E-state index in [9.17, 15) is 10.1 Å². The number of nitro groups is 1. The van der Waals surface area contributed by atoms with Gasteiger partial charge in [-0.25, -0.2) is 4.98 Å². The van der Waals surface area contributed by atoms with Crippen molar-refractivity contribution in [2.75, 3.05) is 13.7 Å². The predicted molar refractivity (Wildman–Crippen MR) is 128 cm³/mol. The van der Waals surface area contributed by atoms with Crippen LogP contribution in [0.25, 0.3) is 10.9 Å². The number of pyridine rings is 1. The van der Waals surface area contributed by atoms with Crippen molar-refractivity contribution in [3.8, 4) is 11.5 Å². The molecule has 2 aromatic carbocycles. The van der Waals surface area contributed by atoms with Crippen LogP contribution in [0.2, 0.25) is 0 Å². The molecule has 0 aliphatic rings. The fourth-order valence-corrected chi connectivity index (χ4v) is 3.99. The van der Waals surface area contributed by atoms with Crippen LogP contribution in [0.3, 0.4) is 0 Å². The minimum Gasteiger partial charge on any atom is -0.493 e. The van der Waals surface area contributed by atoms with E-state index in [-0.39, 0.29) is 5.69 Å². The third-order valence-electron chi connectivity index (χ3n) is 5.74. The van der Waals surface area contributed by atoms with Crippen LogP contribution in [0.5, 0.6) is 11.5 Å². The van der Waals surface area contributed by atoms with Crippen molar-refractivity contribution >= 4 is 16.6 Å².